The highest BCUT2D eigenvalue weighted by Gasteiger charge is 2.22. The molecular formula is C21H26N5O7S2-. The van der Waals surface area contributed by atoms with E-state index >= 15 is 0 Å². The van der Waals surface area contributed by atoms with Gasteiger partial charge in [0.2, 0.25) is 11.8 Å². The maximum atomic E-state index is 12.4. The molecule has 0 aliphatic carbocycles. The minimum atomic E-state index is -1.49. The lowest BCUT2D eigenvalue weighted by atomic mass is 10.1. The molecule has 35 heavy (non-hydrogen) atoms. The van der Waals surface area contributed by atoms with Crippen molar-refractivity contribution in [3.05, 3.63) is 30.0 Å². The van der Waals surface area contributed by atoms with E-state index < -0.39 is 42.4 Å². The van der Waals surface area contributed by atoms with Gasteiger partial charge in [0.05, 0.1) is 25.6 Å². The molecule has 1 heterocycles. The summed E-state index contributed by atoms with van der Waals surface area (Å²) in [7, 11) is 1.58. The lowest BCUT2D eigenvalue weighted by Crippen LogP contribution is -2.68. The first-order chi connectivity index (χ1) is 16.6. The molecule has 0 fully saturated rings. The Balaban J connectivity index is 1.95. The van der Waals surface area contributed by atoms with Crippen LogP contribution in [0.4, 0.5) is 0 Å². The number of carbonyl (C=O) groups excluding carboxylic acids is 4. The number of carboxylic acid groups (broad SMARTS) is 2. The maximum Gasteiger partial charge on any atom is 0.243 e. The Kier molecular flexibility index (Phi) is 10.8. The van der Waals surface area contributed by atoms with E-state index in [-0.39, 0.29) is 18.6 Å². The van der Waals surface area contributed by atoms with Crippen molar-refractivity contribution in [2.45, 2.75) is 31.5 Å². The van der Waals surface area contributed by atoms with Crippen LogP contribution in [-0.2, 0) is 25.7 Å². The van der Waals surface area contributed by atoms with Gasteiger partial charge in [-0.2, -0.15) is 0 Å². The van der Waals surface area contributed by atoms with Crippen LogP contribution in [0.2, 0.25) is 0 Å². The Labute approximate surface area is 210 Å². The molecule has 0 saturated carbocycles. The standard InChI is InChI=1S/C21H27N5O7S2/c1-33-15-4-2-3-13-18(15)11(7-23-13)8-25-21(34)35-10-14(19(30)24-9-17(28)29)26-16(27)6-5-12(22)20(31)32/h2-4,7,12,14,23H,5-6,8-10,22H2,1H3,(H,24,30)(H,25,34)(H,26,27)(H,28,29)(H,31,32)/p-1/t12-,14-/m0/s1. The average Bonchev–Trinajstić information content (AvgIpc) is 3.25. The van der Waals surface area contributed by atoms with E-state index in [0.29, 0.717) is 16.6 Å². The number of ether oxygens (including phenoxy) is 1. The van der Waals surface area contributed by atoms with Crippen LogP contribution in [-0.4, -0.2) is 64.5 Å². The minimum absolute atomic E-state index is 0.00193. The summed E-state index contributed by atoms with van der Waals surface area (Å²) in [6.45, 7) is -0.360. The normalized spacial score (nSPS) is 12.4. The molecule has 190 valence electrons. The molecule has 7 N–H and O–H groups in total. The van der Waals surface area contributed by atoms with Crippen molar-refractivity contribution in [1.82, 2.24) is 20.9 Å². The van der Waals surface area contributed by atoms with Crippen LogP contribution < -0.4 is 36.6 Å². The largest absolute Gasteiger partial charge is 0.548 e. The summed E-state index contributed by atoms with van der Waals surface area (Å²) < 4.78 is 5.75. The summed E-state index contributed by atoms with van der Waals surface area (Å²) in [4.78, 5) is 49.2. The van der Waals surface area contributed by atoms with Crippen LogP contribution in [0.5, 0.6) is 5.75 Å². The van der Waals surface area contributed by atoms with Crippen LogP contribution in [0, 0.1) is 0 Å². The number of aromatic amines is 1. The Hall–Kier alpha value is -3.36. The molecule has 0 saturated heterocycles. The van der Waals surface area contributed by atoms with Crippen molar-refractivity contribution in [2.24, 2.45) is 0 Å². The van der Waals surface area contributed by atoms with Gasteiger partial charge in [0, 0.05) is 47.8 Å². The number of aromatic nitrogens is 1. The molecule has 0 unspecified atom stereocenters. The van der Waals surface area contributed by atoms with Crippen LogP contribution in [0.25, 0.3) is 10.9 Å². The molecule has 2 rings (SSSR count). The van der Waals surface area contributed by atoms with Crippen molar-refractivity contribution in [2.75, 3.05) is 19.4 Å². The zero-order chi connectivity index (χ0) is 26.0. The number of hydrogen-bond acceptors (Lipinski definition) is 9. The molecule has 0 bridgehead atoms. The van der Waals surface area contributed by atoms with Gasteiger partial charge in [0.15, 0.2) is 0 Å². The first-order valence-corrected chi connectivity index (χ1v) is 11.9. The van der Waals surface area contributed by atoms with Gasteiger partial charge in [0.1, 0.15) is 22.2 Å². The molecule has 12 nitrogen and oxygen atoms in total. The Morgan fingerprint density at radius 2 is 1.97 bits per heavy atom. The molecule has 14 heteroatoms. The Bertz CT molecular complexity index is 1090. The first kappa shape index (κ1) is 27.9. The fourth-order valence-electron chi connectivity index (χ4n) is 3.06. The smallest absolute Gasteiger partial charge is 0.243 e. The number of H-pyrrole nitrogens is 1. The zero-order valence-corrected chi connectivity index (χ0v) is 20.5. The zero-order valence-electron chi connectivity index (χ0n) is 18.9. The number of hydrogen-bond donors (Lipinski definition) is 5. The van der Waals surface area contributed by atoms with Gasteiger partial charge in [-0.15, -0.1) is 0 Å². The summed E-state index contributed by atoms with van der Waals surface area (Å²) in [6, 6.07) is 3.42. The second kappa shape index (κ2) is 13.5. The number of benzene rings is 1. The van der Waals surface area contributed by atoms with Crippen LogP contribution >= 0.6 is 24.0 Å². The summed E-state index contributed by atoms with van der Waals surface area (Å²) in [5, 5.41) is 30.0. The molecule has 0 spiro atoms. The number of carboxylic acids is 2. The molecule has 0 radical (unpaired) electrons. The van der Waals surface area contributed by atoms with Gasteiger partial charge >= 0.3 is 0 Å². The highest BCUT2D eigenvalue weighted by atomic mass is 32.2. The fourth-order valence-corrected chi connectivity index (χ4v) is 4.06. The number of thiocarbonyl (C=S) groups is 1. The van der Waals surface area contributed by atoms with E-state index in [9.17, 15) is 29.4 Å². The third-order valence-corrected chi connectivity index (χ3v) is 6.29. The van der Waals surface area contributed by atoms with Crippen molar-refractivity contribution in [3.63, 3.8) is 0 Å². The van der Waals surface area contributed by atoms with E-state index in [2.05, 4.69) is 26.7 Å². The van der Waals surface area contributed by atoms with Crippen molar-refractivity contribution < 1.29 is 39.9 Å². The highest BCUT2D eigenvalue weighted by Crippen LogP contribution is 2.28. The maximum absolute atomic E-state index is 12.4. The van der Waals surface area contributed by atoms with Gasteiger partial charge in [-0.25, -0.2) is 0 Å². The fraction of sp³-hybridized carbons (Fsp3) is 0.381. The lowest BCUT2D eigenvalue weighted by molar-refractivity contribution is -0.438. The van der Waals surface area contributed by atoms with Crippen LogP contribution in [0.3, 0.4) is 0 Å². The number of rotatable bonds is 13. The summed E-state index contributed by atoms with van der Waals surface area (Å²) in [6.07, 6.45) is 1.54. The van der Waals surface area contributed by atoms with Crippen molar-refractivity contribution in [3.8, 4) is 5.75 Å². The molecular weight excluding hydrogens is 498 g/mol. The minimum Gasteiger partial charge on any atom is -0.548 e. The monoisotopic (exact) mass is 524 g/mol. The van der Waals surface area contributed by atoms with Crippen molar-refractivity contribution in [1.29, 1.82) is 0 Å². The second-order valence-corrected chi connectivity index (χ2v) is 9.11. The number of fused-ring (bicyclic) bond motifs is 1. The Morgan fingerprint density at radius 3 is 2.63 bits per heavy atom. The molecule has 1 aromatic carbocycles. The van der Waals surface area contributed by atoms with Crippen LogP contribution in [0.15, 0.2) is 24.4 Å². The molecule has 2 atom stereocenters. The third kappa shape index (κ3) is 8.73. The summed E-state index contributed by atoms with van der Waals surface area (Å²) in [5.41, 5.74) is 5.18. The third-order valence-electron chi connectivity index (χ3n) is 4.89. The molecule has 0 aliphatic heterocycles. The average molecular weight is 525 g/mol. The van der Waals surface area contributed by atoms with Gasteiger partial charge < -0.3 is 51.2 Å². The highest BCUT2D eigenvalue weighted by molar-refractivity contribution is 8.23. The second-order valence-electron chi connectivity index (χ2n) is 7.41. The summed E-state index contributed by atoms with van der Waals surface area (Å²) in [5.74, 6) is -3.52. The van der Waals surface area contributed by atoms with E-state index in [1.54, 1.807) is 7.11 Å². The van der Waals surface area contributed by atoms with Crippen molar-refractivity contribution >= 4 is 63.0 Å². The number of aliphatic carboxylic acids is 2. The molecule has 2 aromatic rings. The molecule has 1 aromatic heterocycles. The number of amides is 2. The van der Waals surface area contributed by atoms with E-state index in [4.69, 9.17) is 17.0 Å². The summed E-state index contributed by atoms with van der Waals surface area (Å²) >= 11 is 6.41. The van der Waals surface area contributed by atoms with Crippen LogP contribution in [0.1, 0.15) is 18.4 Å². The van der Waals surface area contributed by atoms with E-state index in [1.807, 2.05) is 24.4 Å². The van der Waals surface area contributed by atoms with Gasteiger partial charge in [-0.1, -0.05) is 30.0 Å². The number of methoxy groups -OCH3 is 1. The topological polar surface area (TPSA) is 203 Å². The lowest BCUT2D eigenvalue weighted by Gasteiger charge is -2.19. The molecule has 0 aliphatic rings. The number of quaternary nitrogens is 1. The SMILES string of the molecule is COc1cccc2[nH]cc(CNC(=S)SC[C@H](NC(=O)CC[C@H]([NH3+])C(=O)[O-])C(=O)NCC(=O)[O-])c12. The molecule has 2 amide bonds. The first-order valence-electron chi connectivity index (χ1n) is 10.5. The van der Waals surface area contributed by atoms with Gasteiger partial charge in [0.25, 0.3) is 0 Å². The van der Waals surface area contributed by atoms with Gasteiger partial charge in [-0.05, 0) is 12.1 Å². The Morgan fingerprint density at radius 1 is 1.23 bits per heavy atom. The quantitative estimate of drug-likeness (QED) is 0.166. The van der Waals surface area contributed by atoms with E-state index in [1.165, 1.54) is 0 Å². The predicted molar refractivity (Wildman–Crippen MR) is 128 cm³/mol. The van der Waals surface area contributed by atoms with Gasteiger partial charge in [-0.3, -0.25) is 9.59 Å². The van der Waals surface area contributed by atoms with E-state index in [0.717, 1.165) is 28.2 Å². The number of nitrogens with one attached hydrogen (secondary N) is 4. The predicted octanol–water partition coefficient (Wildman–Crippen LogP) is -3.22. The number of carbonyl (C=O) groups is 4. The number of thioether (sulfide) groups is 1.